The van der Waals surface area contributed by atoms with Gasteiger partial charge in [-0.3, -0.25) is 14.9 Å². The third-order valence-corrected chi connectivity index (χ3v) is 4.90. The van der Waals surface area contributed by atoms with Crippen LogP contribution in [-0.4, -0.2) is 11.8 Å². The number of piperidine rings is 1. The first-order valence-electron chi connectivity index (χ1n) is 5.54. The molecule has 2 atom stereocenters. The van der Waals surface area contributed by atoms with E-state index in [1.165, 1.54) is 0 Å². The van der Waals surface area contributed by atoms with Crippen LogP contribution in [0.4, 0.5) is 19.4 Å². The fourth-order valence-corrected chi connectivity index (χ4v) is 3.25. The summed E-state index contributed by atoms with van der Waals surface area (Å²) in [5.41, 5.74) is -1.02. The van der Waals surface area contributed by atoms with E-state index in [1.54, 1.807) is 0 Å². The summed E-state index contributed by atoms with van der Waals surface area (Å²) in [6.45, 7) is 0. The molecule has 2 amide bonds. The van der Waals surface area contributed by atoms with Crippen LogP contribution in [0.5, 0.6) is 0 Å². The van der Waals surface area contributed by atoms with E-state index in [-0.39, 0.29) is 24.1 Å². The van der Waals surface area contributed by atoms with Gasteiger partial charge in [0.1, 0.15) is 4.90 Å². The molecule has 0 spiro atoms. The van der Waals surface area contributed by atoms with Crippen LogP contribution in [0.1, 0.15) is 12.0 Å². The molecule has 3 rings (SSSR count). The third kappa shape index (κ3) is 1.72. The lowest BCUT2D eigenvalue weighted by atomic mass is 9.94. The molecular formula is C11H8F5NO2S. The van der Waals surface area contributed by atoms with E-state index < -0.39 is 38.3 Å². The molecule has 2 aliphatic rings. The number of rotatable bonds is 2. The standard InChI is InChI=1S/C11H8F5NO2S/c12-20(13,14,15,16)7-3-1-6(2-4-7)11-5-8(11)9(18)17-10(11)19/h1-4,8H,5H2,(H,17,18,19)/t8-,11+/m0/s1. The first-order valence-corrected chi connectivity index (χ1v) is 7.50. The minimum atomic E-state index is -9.71. The number of carbonyl (C=O) groups excluding carboxylic acids is 2. The minimum Gasteiger partial charge on any atom is -0.295 e. The first kappa shape index (κ1) is 13.3. The Morgan fingerprint density at radius 2 is 1.60 bits per heavy atom. The van der Waals surface area contributed by atoms with Crippen molar-refractivity contribution in [1.29, 1.82) is 0 Å². The van der Waals surface area contributed by atoms with Gasteiger partial charge in [-0.1, -0.05) is 31.6 Å². The lowest BCUT2D eigenvalue weighted by Gasteiger charge is -2.40. The molecule has 0 bridgehead atoms. The van der Waals surface area contributed by atoms with Gasteiger partial charge in [0.2, 0.25) is 11.8 Å². The van der Waals surface area contributed by atoms with Gasteiger partial charge in [0, 0.05) is 0 Å². The van der Waals surface area contributed by atoms with Gasteiger partial charge in [-0.25, -0.2) is 0 Å². The second-order valence-corrected chi connectivity index (χ2v) is 7.45. The average Bonchev–Trinajstić information content (AvgIpc) is 2.97. The Labute approximate surface area is 109 Å². The lowest BCUT2D eigenvalue weighted by molar-refractivity contribution is -0.127. The SMILES string of the molecule is O=C1NC(=O)[C@@]2(c3ccc(S(F)(F)(F)(F)F)cc3)C[C@@H]12. The van der Waals surface area contributed by atoms with Crippen molar-refractivity contribution in [1.82, 2.24) is 5.32 Å². The maximum atomic E-state index is 12.6. The molecular weight excluding hydrogens is 305 g/mol. The summed E-state index contributed by atoms with van der Waals surface area (Å²) in [5, 5.41) is 2.07. The molecule has 1 aliphatic heterocycles. The Morgan fingerprint density at radius 3 is 1.95 bits per heavy atom. The fourth-order valence-electron chi connectivity index (χ4n) is 2.60. The molecule has 110 valence electrons. The van der Waals surface area contributed by atoms with E-state index in [0.717, 1.165) is 12.1 Å². The Kier molecular flexibility index (Phi) is 1.90. The summed E-state index contributed by atoms with van der Waals surface area (Å²) in [6, 6.07) is 2.20. The van der Waals surface area contributed by atoms with E-state index in [0.29, 0.717) is 0 Å². The van der Waals surface area contributed by atoms with Crippen LogP contribution in [0.2, 0.25) is 0 Å². The maximum absolute atomic E-state index is 12.6. The lowest BCUT2D eigenvalue weighted by Crippen LogP contribution is -2.30. The topological polar surface area (TPSA) is 46.2 Å². The second-order valence-electron chi connectivity index (χ2n) is 5.04. The zero-order valence-electron chi connectivity index (χ0n) is 9.71. The monoisotopic (exact) mass is 313 g/mol. The number of imide groups is 1. The number of amides is 2. The van der Waals surface area contributed by atoms with E-state index in [4.69, 9.17) is 0 Å². The van der Waals surface area contributed by atoms with Crippen molar-refractivity contribution in [3.63, 3.8) is 0 Å². The number of halogens is 5. The van der Waals surface area contributed by atoms with Crippen molar-refractivity contribution in [3.05, 3.63) is 29.8 Å². The van der Waals surface area contributed by atoms with Crippen LogP contribution in [0.25, 0.3) is 0 Å². The molecule has 0 unspecified atom stereocenters. The van der Waals surface area contributed by atoms with Crippen LogP contribution >= 0.6 is 10.2 Å². The first-order chi connectivity index (χ1) is 8.84. The van der Waals surface area contributed by atoms with Gasteiger partial charge in [-0.05, 0) is 24.1 Å². The Balaban J connectivity index is 2.02. The van der Waals surface area contributed by atoms with Crippen molar-refractivity contribution in [2.24, 2.45) is 5.92 Å². The number of hydrogen-bond donors (Lipinski definition) is 1. The molecule has 9 heteroatoms. The number of benzene rings is 1. The van der Waals surface area contributed by atoms with Gasteiger partial charge < -0.3 is 0 Å². The van der Waals surface area contributed by atoms with Crippen LogP contribution in [-0.2, 0) is 15.0 Å². The number of hydrogen-bond acceptors (Lipinski definition) is 2. The average molecular weight is 313 g/mol. The maximum Gasteiger partial charge on any atom is 0.310 e. The Morgan fingerprint density at radius 1 is 1.05 bits per heavy atom. The van der Waals surface area contributed by atoms with Gasteiger partial charge in [0.25, 0.3) is 0 Å². The zero-order valence-corrected chi connectivity index (χ0v) is 10.5. The number of nitrogens with one attached hydrogen (secondary N) is 1. The van der Waals surface area contributed by atoms with Crippen molar-refractivity contribution in [3.8, 4) is 0 Å². The van der Waals surface area contributed by atoms with Crippen LogP contribution in [0.15, 0.2) is 29.2 Å². The highest BCUT2D eigenvalue weighted by atomic mass is 32.5. The molecule has 0 radical (unpaired) electrons. The minimum absolute atomic E-state index is 0.149. The summed E-state index contributed by atoms with van der Waals surface area (Å²) in [6.07, 6.45) is 0.202. The molecule has 20 heavy (non-hydrogen) atoms. The summed E-state index contributed by atoms with van der Waals surface area (Å²) in [5.74, 6) is -1.68. The van der Waals surface area contributed by atoms with Gasteiger partial charge in [-0.15, -0.1) is 0 Å². The Bertz CT molecular complexity index is 654. The van der Waals surface area contributed by atoms with Crippen molar-refractivity contribution >= 4 is 22.0 Å². The number of carbonyl (C=O) groups is 2. The highest BCUT2D eigenvalue weighted by Gasteiger charge is 2.70. The molecule has 3 nitrogen and oxygen atoms in total. The second kappa shape index (κ2) is 2.85. The summed E-state index contributed by atoms with van der Waals surface area (Å²) in [7, 11) is -9.71. The normalized spacial score (nSPS) is 32.1. The summed E-state index contributed by atoms with van der Waals surface area (Å²) >= 11 is 0. The predicted molar refractivity (Wildman–Crippen MR) is 60.8 cm³/mol. The van der Waals surface area contributed by atoms with Gasteiger partial charge in [0.15, 0.2) is 0 Å². The van der Waals surface area contributed by atoms with E-state index in [1.807, 2.05) is 0 Å². The predicted octanol–water partition coefficient (Wildman–Crippen LogP) is 3.26. The van der Waals surface area contributed by atoms with Gasteiger partial charge in [-0.2, -0.15) is 0 Å². The van der Waals surface area contributed by atoms with E-state index in [2.05, 4.69) is 5.32 Å². The van der Waals surface area contributed by atoms with Crippen molar-refractivity contribution in [2.75, 3.05) is 0 Å². The quantitative estimate of drug-likeness (QED) is 0.673. The van der Waals surface area contributed by atoms with E-state index >= 15 is 0 Å². The van der Waals surface area contributed by atoms with Crippen LogP contribution in [0.3, 0.4) is 0 Å². The summed E-state index contributed by atoms with van der Waals surface area (Å²) < 4.78 is 62.8. The third-order valence-electron chi connectivity index (χ3n) is 3.73. The molecule has 1 saturated heterocycles. The highest BCUT2D eigenvalue weighted by molar-refractivity contribution is 8.45. The molecule has 2 fully saturated rings. The van der Waals surface area contributed by atoms with Gasteiger partial charge in [0.05, 0.1) is 11.3 Å². The zero-order chi connectivity index (χ0) is 15.0. The molecule has 1 aliphatic carbocycles. The molecule has 1 aromatic rings. The van der Waals surface area contributed by atoms with Crippen LogP contribution < -0.4 is 5.32 Å². The molecule has 1 N–H and O–H groups in total. The largest absolute Gasteiger partial charge is 0.310 e. The molecule has 0 aromatic heterocycles. The molecule has 1 heterocycles. The molecule has 1 saturated carbocycles. The van der Waals surface area contributed by atoms with Gasteiger partial charge >= 0.3 is 10.2 Å². The Hall–Kier alpha value is -1.64. The van der Waals surface area contributed by atoms with Crippen molar-refractivity contribution < 1.29 is 29.0 Å². The fraction of sp³-hybridized carbons (Fsp3) is 0.273. The van der Waals surface area contributed by atoms with Crippen molar-refractivity contribution in [2.45, 2.75) is 16.7 Å². The van der Waals surface area contributed by atoms with E-state index in [9.17, 15) is 29.0 Å². The molecule has 1 aromatic carbocycles. The summed E-state index contributed by atoms with van der Waals surface area (Å²) in [4.78, 5) is 21.0. The number of fused-ring (bicyclic) bond motifs is 1. The van der Waals surface area contributed by atoms with Crippen LogP contribution in [0, 0.1) is 5.92 Å². The smallest absolute Gasteiger partial charge is 0.295 e. The highest BCUT2D eigenvalue weighted by Crippen LogP contribution is 3.02.